The molecule has 1 amide bonds. The van der Waals surface area contributed by atoms with E-state index in [1.807, 2.05) is 38.1 Å². The number of para-hydroxylation sites is 2. The number of benzene rings is 1. The minimum absolute atomic E-state index is 0.133. The summed E-state index contributed by atoms with van der Waals surface area (Å²) in [5.74, 6) is 0.744. The summed E-state index contributed by atoms with van der Waals surface area (Å²) in [4.78, 5) is 15.7. The van der Waals surface area contributed by atoms with Gasteiger partial charge in [-0.3, -0.25) is 4.79 Å². The summed E-state index contributed by atoms with van der Waals surface area (Å²) in [6.45, 7) is 4.76. The van der Waals surface area contributed by atoms with E-state index >= 15 is 0 Å². The van der Waals surface area contributed by atoms with Crippen LogP contribution in [0.3, 0.4) is 0 Å². The fraction of sp³-hybridized carbons (Fsp3) is 0.286. The number of rotatable bonds is 4. The van der Waals surface area contributed by atoms with Crippen LogP contribution < -0.4 is 5.32 Å². The molecule has 0 bridgehead atoms. The van der Waals surface area contributed by atoms with Gasteiger partial charge in [0.15, 0.2) is 5.58 Å². The van der Waals surface area contributed by atoms with Gasteiger partial charge in [-0.05, 0) is 18.1 Å². The number of hydrogen-bond donors (Lipinski definition) is 1. The van der Waals surface area contributed by atoms with E-state index in [4.69, 9.17) is 4.42 Å². The number of hydrogen-bond acceptors (Lipinski definition) is 3. The van der Waals surface area contributed by atoms with E-state index in [1.165, 1.54) is 6.08 Å². The van der Waals surface area contributed by atoms with Gasteiger partial charge in [-0.15, -0.1) is 0 Å². The fourth-order valence-electron chi connectivity index (χ4n) is 1.47. The second kappa shape index (κ2) is 5.49. The Morgan fingerprint density at radius 3 is 2.94 bits per heavy atom. The first kappa shape index (κ1) is 12.4. The fourth-order valence-corrected chi connectivity index (χ4v) is 1.47. The van der Waals surface area contributed by atoms with Gasteiger partial charge in [0.05, 0.1) is 0 Å². The van der Waals surface area contributed by atoms with Crippen LogP contribution >= 0.6 is 0 Å². The molecule has 1 heterocycles. The monoisotopic (exact) mass is 244 g/mol. The van der Waals surface area contributed by atoms with E-state index in [0.29, 0.717) is 18.4 Å². The number of aromatic nitrogens is 1. The highest BCUT2D eigenvalue weighted by atomic mass is 16.3. The quantitative estimate of drug-likeness (QED) is 0.841. The molecule has 2 aromatic rings. The van der Waals surface area contributed by atoms with Crippen molar-refractivity contribution in [3.8, 4) is 0 Å². The van der Waals surface area contributed by atoms with Gasteiger partial charge in [-0.2, -0.15) is 0 Å². The molecule has 18 heavy (non-hydrogen) atoms. The number of fused-ring (bicyclic) bond motifs is 1. The van der Waals surface area contributed by atoms with Gasteiger partial charge in [0.2, 0.25) is 11.8 Å². The predicted octanol–water partition coefficient (Wildman–Crippen LogP) is 2.61. The Labute approximate surface area is 106 Å². The van der Waals surface area contributed by atoms with Crippen LogP contribution in [0, 0.1) is 5.92 Å². The van der Waals surface area contributed by atoms with E-state index in [-0.39, 0.29) is 5.91 Å². The third-order valence-electron chi connectivity index (χ3n) is 2.37. The van der Waals surface area contributed by atoms with Gasteiger partial charge in [0, 0.05) is 18.7 Å². The first-order chi connectivity index (χ1) is 8.65. The molecular weight excluding hydrogens is 228 g/mol. The molecule has 0 unspecified atom stereocenters. The molecule has 4 nitrogen and oxygen atoms in total. The van der Waals surface area contributed by atoms with Crippen molar-refractivity contribution in [1.29, 1.82) is 0 Å². The summed E-state index contributed by atoms with van der Waals surface area (Å²) in [6, 6.07) is 7.50. The first-order valence-electron chi connectivity index (χ1n) is 5.96. The third kappa shape index (κ3) is 3.20. The molecule has 0 fully saturated rings. The molecule has 0 aliphatic heterocycles. The Balaban J connectivity index is 2.02. The summed E-state index contributed by atoms with van der Waals surface area (Å²) in [5.41, 5.74) is 1.51. The maximum absolute atomic E-state index is 11.5. The molecule has 0 radical (unpaired) electrons. The van der Waals surface area contributed by atoms with Crippen LogP contribution in [0.15, 0.2) is 34.8 Å². The second-order valence-electron chi connectivity index (χ2n) is 4.49. The first-order valence-corrected chi connectivity index (χ1v) is 5.96. The van der Waals surface area contributed by atoms with E-state index in [0.717, 1.165) is 11.1 Å². The zero-order chi connectivity index (χ0) is 13.0. The maximum Gasteiger partial charge on any atom is 0.244 e. The van der Waals surface area contributed by atoms with Crippen molar-refractivity contribution in [2.75, 3.05) is 6.54 Å². The van der Waals surface area contributed by atoms with Crippen LogP contribution in [-0.4, -0.2) is 17.4 Å². The van der Waals surface area contributed by atoms with Crippen molar-refractivity contribution in [3.05, 3.63) is 36.2 Å². The van der Waals surface area contributed by atoms with Crippen LogP contribution in [0.25, 0.3) is 17.2 Å². The smallest absolute Gasteiger partial charge is 0.244 e. The average molecular weight is 244 g/mol. The van der Waals surface area contributed by atoms with Crippen molar-refractivity contribution in [2.24, 2.45) is 5.92 Å². The van der Waals surface area contributed by atoms with Crippen LogP contribution in [0.2, 0.25) is 0 Å². The minimum atomic E-state index is -0.133. The van der Waals surface area contributed by atoms with Crippen molar-refractivity contribution in [3.63, 3.8) is 0 Å². The standard InChI is InChI=1S/C14H16N2O2/c1-10(2)9-15-13(17)7-8-14-16-11-5-3-4-6-12(11)18-14/h3-8,10H,9H2,1-2H3,(H,15,17)/b8-7+. The second-order valence-corrected chi connectivity index (χ2v) is 4.49. The van der Waals surface area contributed by atoms with Crippen LogP contribution in [-0.2, 0) is 4.79 Å². The minimum Gasteiger partial charge on any atom is -0.437 e. The molecule has 0 saturated carbocycles. The summed E-state index contributed by atoms with van der Waals surface area (Å²) < 4.78 is 5.47. The molecule has 94 valence electrons. The lowest BCUT2D eigenvalue weighted by molar-refractivity contribution is -0.116. The van der Waals surface area contributed by atoms with E-state index in [1.54, 1.807) is 6.08 Å². The van der Waals surface area contributed by atoms with Crippen molar-refractivity contribution >= 4 is 23.1 Å². The molecule has 1 aromatic heterocycles. The molecule has 4 heteroatoms. The van der Waals surface area contributed by atoms with Crippen molar-refractivity contribution in [2.45, 2.75) is 13.8 Å². The molecule has 0 spiro atoms. The van der Waals surface area contributed by atoms with Gasteiger partial charge in [0.25, 0.3) is 0 Å². The number of nitrogens with one attached hydrogen (secondary N) is 1. The van der Waals surface area contributed by atoms with Crippen molar-refractivity contribution < 1.29 is 9.21 Å². The lowest BCUT2D eigenvalue weighted by Crippen LogP contribution is -2.25. The third-order valence-corrected chi connectivity index (χ3v) is 2.37. The van der Waals surface area contributed by atoms with E-state index in [9.17, 15) is 4.79 Å². The molecule has 0 saturated heterocycles. The highest BCUT2D eigenvalue weighted by molar-refractivity contribution is 5.91. The normalized spacial score (nSPS) is 11.5. The highest BCUT2D eigenvalue weighted by Crippen LogP contribution is 2.15. The van der Waals surface area contributed by atoms with E-state index in [2.05, 4.69) is 10.3 Å². The maximum atomic E-state index is 11.5. The van der Waals surface area contributed by atoms with Gasteiger partial charge in [0.1, 0.15) is 5.52 Å². The Kier molecular flexibility index (Phi) is 3.77. The Morgan fingerprint density at radius 1 is 1.44 bits per heavy atom. The lowest BCUT2D eigenvalue weighted by atomic mass is 10.2. The Bertz CT molecular complexity index is 537. The molecule has 0 atom stereocenters. The van der Waals surface area contributed by atoms with Gasteiger partial charge in [-0.25, -0.2) is 4.98 Å². The van der Waals surface area contributed by atoms with Crippen LogP contribution in [0.4, 0.5) is 0 Å². The van der Waals surface area contributed by atoms with E-state index < -0.39 is 0 Å². The van der Waals surface area contributed by atoms with Crippen LogP contribution in [0.5, 0.6) is 0 Å². The number of oxazole rings is 1. The Hall–Kier alpha value is -2.10. The molecular formula is C14H16N2O2. The number of carbonyl (C=O) groups excluding carboxylic acids is 1. The number of amides is 1. The SMILES string of the molecule is CC(C)CNC(=O)/C=C/c1nc2ccccc2o1. The van der Waals surface area contributed by atoms with Gasteiger partial charge < -0.3 is 9.73 Å². The largest absolute Gasteiger partial charge is 0.437 e. The van der Waals surface area contributed by atoms with Gasteiger partial charge in [-0.1, -0.05) is 26.0 Å². The molecule has 1 N–H and O–H groups in total. The summed E-state index contributed by atoms with van der Waals surface area (Å²) in [7, 11) is 0. The molecule has 2 rings (SSSR count). The topological polar surface area (TPSA) is 55.1 Å². The molecule has 0 aliphatic rings. The molecule has 0 aliphatic carbocycles. The number of carbonyl (C=O) groups is 1. The van der Waals surface area contributed by atoms with Gasteiger partial charge >= 0.3 is 0 Å². The summed E-state index contributed by atoms with van der Waals surface area (Å²) in [6.07, 6.45) is 3.02. The lowest BCUT2D eigenvalue weighted by Gasteiger charge is -2.03. The molecule has 1 aromatic carbocycles. The van der Waals surface area contributed by atoms with Crippen LogP contribution in [0.1, 0.15) is 19.7 Å². The summed E-state index contributed by atoms with van der Waals surface area (Å²) >= 11 is 0. The van der Waals surface area contributed by atoms with Crippen molar-refractivity contribution in [1.82, 2.24) is 10.3 Å². The average Bonchev–Trinajstić information content (AvgIpc) is 2.76. The zero-order valence-electron chi connectivity index (χ0n) is 10.5. The summed E-state index contributed by atoms with van der Waals surface area (Å²) in [5, 5.41) is 2.79. The highest BCUT2D eigenvalue weighted by Gasteiger charge is 2.02. The number of nitrogens with zero attached hydrogens (tertiary/aromatic N) is 1. The Morgan fingerprint density at radius 2 is 2.22 bits per heavy atom. The zero-order valence-corrected chi connectivity index (χ0v) is 10.5. The predicted molar refractivity (Wildman–Crippen MR) is 70.9 cm³/mol.